The molecule has 0 aliphatic carbocycles. The molecule has 0 saturated carbocycles. The van der Waals surface area contributed by atoms with Gasteiger partial charge in [0.1, 0.15) is 11.9 Å². The molecule has 1 N–H and O–H groups in total. The zero-order valence-corrected chi connectivity index (χ0v) is 8.73. The van der Waals surface area contributed by atoms with Crippen LogP contribution in [0.5, 0.6) is 0 Å². The fourth-order valence-corrected chi connectivity index (χ4v) is 2.04. The smallest absolute Gasteiger partial charge is 0.136 e. The lowest BCUT2D eigenvalue weighted by Gasteiger charge is -2.03. The zero-order chi connectivity index (χ0) is 11.0. The van der Waals surface area contributed by atoms with E-state index in [2.05, 4.69) is 16.0 Å². The normalized spacial score (nSPS) is 20.1. The fraction of sp³-hybridized carbons (Fsp3) is 0.333. The quantitative estimate of drug-likeness (QED) is 0.790. The number of aromatic nitrogens is 2. The second-order valence-electron chi connectivity index (χ2n) is 3.97. The van der Waals surface area contributed by atoms with Gasteiger partial charge in [0.05, 0.1) is 22.7 Å². The highest BCUT2D eigenvalue weighted by Gasteiger charge is 2.20. The van der Waals surface area contributed by atoms with Crippen LogP contribution in [0.2, 0.25) is 0 Å². The lowest BCUT2D eigenvalue weighted by atomic mass is 10.2. The fourth-order valence-electron chi connectivity index (χ4n) is 2.04. The number of benzene rings is 1. The van der Waals surface area contributed by atoms with Crippen molar-refractivity contribution >= 4 is 11.0 Å². The van der Waals surface area contributed by atoms with Crippen LogP contribution in [0.1, 0.15) is 30.3 Å². The molecule has 1 aromatic carbocycles. The Balaban J connectivity index is 2.05. The lowest BCUT2D eigenvalue weighted by molar-refractivity contribution is 0.106. The first-order chi connectivity index (χ1) is 7.86. The molecule has 1 fully saturated rings. The summed E-state index contributed by atoms with van der Waals surface area (Å²) < 4.78 is 5.57. The van der Waals surface area contributed by atoms with Crippen LogP contribution in [0.25, 0.3) is 11.0 Å². The van der Waals surface area contributed by atoms with Crippen LogP contribution in [0.3, 0.4) is 0 Å². The van der Waals surface area contributed by atoms with Crippen LogP contribution in [0, 0.1) is 11.3 Å². The van der Waals surface area contributed by atoms with Gasteiger partial charge in [0.2, 0.25) is 0 Å². The van der Waals surface area contributed by atoms with Gasteiger partial charge in [-0.1, -0.05) is 0 Å². The SMILES string of the molecule is N#Cc1ccc2nc(C3CCCO3)[nH]c2c1. The van der Waals surface area contributed by atoms with Crippen LogP contribution < -0.4 is 0 Å². The maximum absolute atomic E-state index is 8.81. The van der Waals surface area contributed by atoms with E-state index in [4.69, 9.17) is 10.00 Å². The first-order valence-electron chi connectivity index (χ1n) is 5.38. The maximum atomic E-state index is 8.81. The summed E-state index contributed by atoms with van der Waals surface area (Å²) in [7, 11) is 0. The standard InChI is InChI=1S/C12H11N3O/c13-7-8-3-4-9-10(6-8)15-12(14-9)11-2-1-5-16-11/h3-4,6,11H,1-2,5H2,(H,14,15). The molecule has 1 aliphatic heterocycles. The summed E-state index contributed by atoms with van der Waals surface area (Å²) >= 11 is 0. The molecular weight excluding hydrogens is 202 g/mol. The summed E-state index contributed by atoms with van der Waals surface area (Å²) in [5, 5.41) is 8.81. The molecule has 80 valence electrons. The molecule has 0 amide bonds. The van der Waals surface area contributed by atoms with Gasteiger partial charge < -0.3 is 9.72 Å². The molecule has 0 spiro atoms. The maximum Gasteiger partial charge on any atom is 0.136 e. The minimum absolute atomic E-state index is 0.0953. The Hall–Kier alpha value is -1.86. The van der Waals surface area contributed by atoms with E-state index in [1.165, 1.54) is 0 Å². The van der Waals surface area contributed by atoms with E-state index in [0.29, 0.717) is 5.56 Å². The number of hydrogen-bond acceptors (Lipinski definition) is 3. The first-order valence-corrected chi connectivity index (χ1v) is 5.38. The van der Waals surface area contributed by atoms with E-state index in [-0.39, 0.29) is 6.10 Å². The number of fused-ring (bicyclic) bond motifs is 1. The first kappa shape index (κ1) is 9.37. The second kappa shape index (κ2) is 3.62. The number of aromatic amines is 1. The molecule has 1 atom stereocenters. The van der Waals surface area contributed by atoms with Crippen molar-refractivity contribution in [2.75, 3.05) is 6.61 Å². The van der Waals surface area contributed by atoms with E-state index >= 15 is 0 Å². The van der Waals surface area contributed by atoms with Crippen molar-refractivity contribution in [2.24, 2.45) is 0 Å². The van der Waals surface area contributed by atoms with Crippen LogP contribution in [0.4, 0.5) is 0 Å². The Kier molecular flexibility index (Phi) is 2.12. The van der Waals surface area contributed by atoms with Crippen molar-refractivity contribution < 1.29 is 4.74 Å². The van der Waals surface area contributed by atoms with Crippen molar-refractivity contribution in [1.29, 1.82) is 5.26 Å². The summed E-state index contributed by atoms with van der Waals surface area (Å²) in [6.45, 7) is 0.811. The number of H-pyrrole nitrogens is 1. The molecule has 16 heavy (non-hydrogen) atoms. The lowest BCUT2D eigenvalue weighted by Crippen LogP contribution is -1.97. The highest BCUT2D eigenvalue weighted by atomic mass is 16.5. The molecule has 1 aromatic heterocycles. The van der Waals surface area contributed by atoms with Gasteiger partial charge in [0, 0.05) is 6.61 Å². The van der Waals surface area contributed by atoms with E-state index in [1.54, 1.807) is 6.07 Å². The van der Waals surface area contributed by atoms with E-state index in [0.717, 1.165) is 36.3 Å². The molecule has 3 rings (SSSR count). The summed E-state index contributed by atoms with van der Waals surface area (Å²) in [4.78, 5) is 7.71. The van der Waals surface area contributed by atoms with Gasteiger partial charge in [-0.15, -0.1) is 0 Å². The summed E-state index contributed by atoms with van der Waals surface area (Å²) in [6.07, 6.45) is 2.20. The third-order valence-electron chi connectivity index (χ3n) is 2.86. The van der Waals surface area contributed by atoms with Crippen molar-refractivity contribution in [3.8, 4) is 6.07 Å². The zero-order valence-electron chi connectivity index (χ0n) is 8.73. The number of imidazole rings is 1. The number of ether oxygens (including phenoxy) is 1. The Morgan fingerprint density at radius 1 is 1.50 bits per heavy atom. The molecule has 0 radical (unpaired) electrons. The van der Waals surface area contributed by atoms with Crippen LogP contribution in [0.15, 0.2) is 18.2 Å². The van der Waals surface area contributed by atoms with Crippen molar-refractivity contribution in [1.82, 2.24) is 9.97 Å². The minimum Gasteiger partial charge on any atom is -0.370 e. The van der Waals surface area contributed by atoms with Crippen LogP contribution >= 0.6 is 0 Å². The van der Waals surface area contributed by atoms with Gasteiger partial charge in [-0.25, -0.2) is 4.98 Å². The average Bonchev–Trinajstić information content (AvgIpc) is 2.96. The number of nitrogens with zero attached hydrogens (tertiary/aromatic N) is 2. The predicted molar refractivity (Wildman–Crippen MR) is 58.7 cm³/mol. The Morgan fingerprint density at radius 2 is 2.44 bits per heavy atom. The predicted octanol–water partition coefficient (Wildman–Crippen LogP) is 2.29. The Bertz CT molecular complexity index is 561. The third kappa shape index (κ3) is 1.46. The van der Waals surface area contributed by atoms with E-state index in [9.17, 15) is 0 Å². The van der Waals surface area contributed by atoms with E-state index in [1.807, 2.05) is 12.1 Å². The Morgan fingerprint density at radius 3 is 3.19 bits per heavy atom. The topological polar surface area (TPSA) is 61.7 Å². The monoisotopic (exact) mass is 213 g/mol. The molecule has 4 heteroatoms. The number of nitriles is 1. The number of nitrogens with one attached hydrogen (secondary N) is 1. The molecule has 1 unspecified atom stereocenters. The van der Waals surface area contributed by atoms with Gasteiger partial charge in [0.15, 0.2) is 0 Å². The molecular formula is C12H11N3O. The second-order valence-corrected chi connectivity index (χ2v) is 3.97. The van der Waals surface area contributed by atoms with Crippen LogP contribution in [-0.4, -0.2) is 16.6 Å². The summed E-state index contributed by atoms with van der Waals surface area (Å²) in [5.74, 6) is 0.877. The molecule has 2 heterocycles. The van der Waals surface area contributed by atoms with Gasteiger partial charge in [-0.3, -0.25) is 0 Å². The third-order valence-corrected chi connectivity index (χ3v) is 2.86. The highest BCUT2D eigenvalue weighted by Crippen LogP contribution is 2.28. The van der Waals surface area contributed by atoms with E-state index < -0.39 is 0 Å². The highest BCUT2D eigenvalue weighted by molar-refractivity contribution is 5.76. The van der Waals surface area contributed by atoms with Crippen molar-refractivity contribution in [3.05, 3.63) is 29.6 Å². The Labute approximate surface area is 92.9 Å². The number of hydrogen-bond donors (Lipinski definition) is 1. The van der Waals surface area contributed by atoms with Gasteiger partial charge in [-0.05, 0) is 31.0 Å². The summed E-state index contributed by atoms with van der Waals surface area (Å²) in [6, 6.07) is 7.58. The average molecular weight is 213 g/mol. The van der Waals surface area contributed by atoms with Gasteiger partial charge >= 0.3 is 0 Å². The minimum atomic E-state index is 0.0953. The molecule has 1 saturated heterocycles. The van der Waals surface area contributed by atoms with Gasteiger partial charge in [-0.2, -0.15) is 5.26 Å². The van der Waals surface area contributed by atoms with Gasteiger partial charge in [0.25, 0.3) is 0 Å². The molecule has 0 bridgehead atoms. The van der Waals surface area contributed by atoms with Crippen LogP contribution in [-0.2, 0) is 4.74 Å². The largest absolute Gasteiger partial charge is 0.370 e. The molecule has 4 nitrogen and oxygen atoms in total. The number of rotatable bonds is 1. The van der Waals surface area contributed by atoms with Crippen molar-refractivity contribution in [2.45, 2.75) is 18.9 Å². The molecule has 2 aromatic rings. The van der Waals surface area contributed by atoms with Crippen molar-refractivity contribution in [3.63, 3.8) is 0 Å². The summed E-state index contributed by atoms with van der Waals surface area (Å²) in [5.41, 5.74) is 2.45. The molecule has 1 aliphatic rings.